The van der Waals surface area contributed by atoms with Crippen LogP contribution in [-0.4, -0.2) is 25.4 Å². The van der Waals surface area contributed by atoms with E-state index >= 15 is 0 Å². The van der Waals surface area contributed by atoms with E-state index in [4.69, 9.17) is 15.6 Å². The van der Waals surface area contributed by atoms with Gasteiger partial charge in [0.1, 0.15) is 0 Å². The van der Waals surface area contributed by atoms with Gasteiger partial charge in [-0.05, 0) is 6.07 Å². The summed E-state index contributed by atoms with van der Waals surface area (Å²) in [5.74, 6) is 0.0169. The van der Waals surface area contributed by atoms with Gasteiger partial charge in [-0.1, -0.05) is 12.1 Å². The molecule has 1 atom stereocenters. The number of methoxy groups -OCH3 is 1. The van der Waals surface area contributed by atoms with Crippen LogP contribution in [0.15, 0.2) is 18.2 Å². The van der Waals surface area contributed by atoms with Crippen LogP contribution in [0.2, 0.25) is 0 Å². The van der Waals surface area contributed by atoms with Crippen LogP contribution in [0.5, 0.6) is 11.5 Å². The Morgan fingerprint density at radius 2 is 2.12 bits per heavy atom. The number of aliphatic hydroxyl groups excluding tert-OH is 1. The van der Waals surface area contributed by atoms with E-state index in [9.17, 15) is 8.78 Å². The molecule has 1 aromatic rings. The molecular formula is C10H13F2NO3. The van der Waals surface area contributed by atoms with Crippen LogP contribution in [0.1, 0.15) is 11.6 Å². The van der Waals surface area contributed by atoms with Crippen molar-refractivity contribution < 1.29 is 23.4 Å². The minimum absolute atomic E-state index is 0.137. The maximum atomic E-state index is 12.2. The topological polar surface area (TPSA) is 64.7 Å². The van der Waals surface area contributed by atoms with Gasteiger partial charge in [-0.3, -0.25) is 0 Å². The van der Waals surface area contributed by atoms with E-state index < -0.39 is 12.7 Å². The number of para-hydroxylation sites is 1. The highest BCUT2D eigenvalue weighted by molar-refractivity contribution is 5.48. The lowest BCUT2D eigenvalue weighted by Gasteiger charge is -2.17. The lowest BCUT2D eigenvalue weighted by Crippen LogP contribution is -2.17. The normalized spacial score (nSPS) is 12.6. The molecule has 16 heavy (non-hydrogen) atoms. The molecule has 0 aliphatic carbocycles. The molecular weight excluding hydrogens is 220 g/mol. The number of hydrogen-bond acceptors (Lipinski definition) is 4. The van der Waals surface area contributed by atoms with Crippen molar-refractivity contribution in [2.75, 3.05) is 13.7 Å². The largest absolute Gasteiger partial charge is 0.493 e. The standard InChI is InChI=1S/C10H13F2NO3/c1-15-8-4-2-3-6(7(13)5-14)9(8)16-10(11)12/h2-4,7,10,14H,5,13H2,1H3/t7-/m0/s1. The molecule has 0 aliphatic heterocycles. The van der Waals surface area contributed by atoms with Gasteiger partial charge >= 0.3 is 6.61 Å². The van der Waals surface area contributed by atoms with E-state index in [0.717, 1.165) is 0 Å². The Labute approximate surface area is 91.6 Å². The number of hydrogen-bond donors (Lipinski definition) is 2. The average Bonchev–Trinajstić information content (AvgIpc) is 2.27. The molecule has 0 radical (unpaired) electrons. The molecule has 6 heteroatoms. The Kier molecular flexibility index (Phi) is 4.45. The Hall–Kier alpha value is -1.40. The Bertz CT molecular complexity index is 347. The molecule has 0 fully saturated rings. The lowest BCUT2D eigenvalue weighted by atomic mass is 10.1. The Morgan fingerprint density at radius 1 is 1.44 bits per heavy atom. The fourth-order valence-corrected chi connectivity index (χ4v) is 1.30. The van der Waals surface area contributed by atoms with Crippen molar-refractivity contribution in [2.45, 2.75) is 12.7 Å². The molecule has 1 aromatic carbocycles. The predicted molar refractivity (Wildman–Crippen MR) is 53.6 cm³/mol. The van der Waals surface area contributed by atoms with E-state index in [2.05, 4.69) is 4.74 Å². The molecule has 0 bridgehead atoms. The number of ether oxygens (including phenoxy) is 2. The summed E-state index contributed by atoms with van der Waals surface area (Å²) in [7, 11) is 1.34. The molecule has 4 nitrogen and oxygen atoms in total. The molecule has 0 saturated carbocycles. The third kappa shape index (κ3) is 2.80. The van der Waals surface area contributed by atoms with Crippen LogP contribution < -0.4 is 15.2 Å². The molecule has 0 aliphatic rings. The van der Waals surface area contributed by atoms with Crippen LogP contribution in [0.4, 0.5) is 8.78 Å². The molecule has 3 N–H and O–H groups in total. The second-order valence-corrected chi connectivity index (χ2v) is 3.05. The van der Waals surface area contributed by atoms with Crippen molar-refractivity contribution >= 4 is 0 Å². The highest BCUT2D eigenvalue weighted by Crippen LogP contribution is 2.35. The summed E-state index contributed by atoms with van der Waals surface area (Å²) in [4.78, 5) is 0. The summed E-state index contributed by atoms with van der Waals surface area (Å²) in [6, 6.07) is 3.78. The van der Waals surface area contributed by atoms with E-state index in [1.54, 1.807) is 6.07 Å². The maximum Gasteiger partial charge on any atom is 0.387 e. The molecule has 0 spiro atoms. The SMILES string of the molecule is COc1cccc([C@@H](N)CO)c1OC(F)F. The van der Waals surface area contributed by atoms with Crippen molar-refractivity contribution in [3.8, 4) is 11.5 Å². The number of alkyl halides is 2. The molecule has 0 aromatic heterocycles. The second kappa shape index (κ2) is 5.62. The zero-order chi connectivity index (χ0) is 12.1. The van der Waals surface area contributed by atoms with Crippen LogP contribution in [0, 0.1) is 0 Å². The van der Waals surface area contributed by atoms with Gasteiger partial charge in [0.2, 0.25) is 0 Å². The van der Waals surface area contributed by atoms with E-state index in [1.807, 2.05) is 0 Å². The molecule has 1 rings (SSSR count). The summed E-state index contributed by atoms with van der Waals surface area (Å²) in [6.07, 6.45) is 0. The lowest BCUT2D eigenvalue weighted by molar-refractivity contribution is -0.0521. The summed E-state index contributed by atoms with van der Waals surface area (Å²) in [5, 5.41) is 8.90. The monoisotopic (exact) mass is 233 g/mol. The van der Waals surface area contributed by atoms with E-state index in [-0.39, 0.29) is 23.7 Å². The summed E-state index contributed by atoms with van der Waals surface area (Å²) >= 11 is 0. The smallest absolute Gasteiger partial charge is 0.387 e. The Balaban J connectivity index is 3.14. The van der Waals surface area contributed by atoms with Crippen LogP contribution in [0.25, 0.3) is 0 Å². The van der Waals surface area contributed by atoms with Gasteiger partial charge in [0.15, 0.2) is 11.5 Å². The minimum atomic E-state index is -2.97. The highest BCUT2D eigenvalue weighted by Gasteiger charge is 2.18. The summed E-state index contributed by atoms with van der Waals surface area (Å²) in [5.41, 5.74) is 5.84. The third-order valence-electron chi connectivity index (χ3n) is 2.03. The first-order valence-corrected chi connectivity index (χ1v) is 4.58. The predicted octanol–water partition coefficient (Wildman–Crippen LogP) is 1.29. The second-order valence-electron chi connectivity index (χ2n) is 3.05. The van der Waals surface area contributed by atoms with Crippen molar-refractivity contribution in [1.29, 1.82) is 0 Å². The van der Waals surface area contributed by atoms with Crippen molar-refractivity contribution in [1.82, 2.24) is 0 Å². The fraction of sp³-hybridized carbons (Fsp3) is 0.400. The van der Waals surface area contributed by atoms with Gasteiger partial charge in [0, 0.05) is 5.56 Å². The first-order chi connectivity index (χ1) is 7.60. The van der Waals surface area contributed by atoms with Crippen molar-refractivity contribution in [2.24, 2.45) is 5.73 Å². The van der Waals surface area contributed by atoms with Gasteiger partial charge in [-0.2, -0.15) is 8.78 Å². The summed E-state index contributed by atoms with van der Waals surface area (Å²) < 4.78 is 33.6. The first kappa shape index (κ1) is 12.7. The third-order valence-corrected chi connectivity index (χ3v) is 2.03. The van der Waals surface area contributed by atoms with Crippen molar-refractivity contribution in [3.05, 3.63) is 23.8 Å². The molecule has 0 amide bonds. The van der Waals surface area contributed by atoms with E-state index in [0.29, 0.717) is 0 Å². The van der Waals surface area contributed by atoms with Gasteiger partial charge in [0.05, 0.1) is 19.8 Å². The van der Waals surface area contributed by atoms with Gasteiger partial charge in [0.25, 0.3) is 0 Å². The highest BCUT2D eigenvalue weighted by atomic mass is 19.3. The van der Waals surface area contributed by atoms with Crippen LogP contribution in [-0.2, 0) is 0 Å². The fourth-order valence-electron chi connectivity index (χ4n) is 1.30. The number of aliphatic hydroxyl groups is 1. The van der Waals surface area contributed by atoms with Crippen LogP contribution in [0.3, 0.4) is 0 Å². The molecule has 0 unspecified atom stereocenters. The van der Waals surface area contributed by atoms with Crippen molar-refractivity contribution in [3.63, 3.8) is 0 Å². The molecule has 0 heterocycles. The number of nitrogens with two attached hydrogens (primary N) is 1. The van der Waals surface area contributed by atoms with Gasteiger partial charge in [-0.25, -0.2) is 0 Å². The number of halogens is 2. The van der Waals surface area contributed by atoms with Gasteiger partial charge in [-0.15, -0.1) is 0 Å². The molecule has 0 saturated heterocycles. The quantitative estimate of drug-likeness (QED) is 0.804. The summed E-state index contributed by atoms with van der Waals surface area (Å²) in [6.45, 7) is -3.34. The number of rotatable bonds is 5. The molecule has 90 valence electrons. The zero-order valence-corrected chi connectivity index (χ0v) is 8.69. The average molecular weight is 233 g/mol. The first-order valence-electron chi connectivity index (χ1n) is 4.58. The zero-order valence-electron chi connectivity index (χ0n) is 8.69. The minimum Gasteiger partial charge on any atom is -0.493 e. The van der Waals surface area contributed by atoms with Gasteiger partial charge < -0.3 is 20.3 Å². The Morgan fingerprint density at radius 3 is 2.62 bits per heavy atom. The van der Waals surface area contributed by atoms with Crippen LogP contribution >= 0.6 is 0 Å². The van der Waals surface area contributed by atoms with E-state index in [1.165, 1.54) is 19.2 Å². The maximum absolute atomic E-state index is 12.2. The number of benzene rings is 1.